The molecular formula is C12H16BrNO2. The molecule has 3 nitrogen and oxygen atoms in total. The van der Waals surface area contributed by atoms with Crippen molar-refractivity contribution in [2.45, 2.75) is 13.3 Å². The van der Waals surface area contributed by atoms with E-state index in [0.29, 0.717) is 0 Å². The molecule has 16 heavy (non-hydrogen) atoms. The summed E-state index contributed by atoms with van der Waals surface area (Å²) in [5.41, 5.74) is 3.76. The fourth-order valence-electron chi connectivity index (χ4n) is 1.96. The van der Waals surface area contributed by atoms with Gasteiger partial charge < -0.3 is 26.5 Å². The average Bonchev–Trinajstić information content (AvgIpc) is 2.28. The number of halogens is 1. The van der Waals surface area contributed by atoms with Crippen LogP contribution in [-0.4, -0.2) is 26.5 Å². The van der Waals surface area contributed by atoms with Crippen molar-refractivity contribution >= 4 is 5.71 Å². The molecular weight excluding hydrogens is 270 g/mol. The molecule has 0 fully saturated rings. The van der Waals surface area contributed by atoms with Crippen LogP contribution < -0.4 is 31.4 Å². The maximum atomic E-state index is 5.28. The Morgan fingerprint density at radius 2 is 1.75 bits per heavy atom. The van der Waals surface area contributed by atoms with E-state index in [2.05, 4.69) is 18.0 Å². The normalized spacial score (nSPS) is 13.3. The van der Waals surface area contributed by atoms with Gasteiger partial charge in [-0.15, -0.1) is 0 Å². The van der Waals surface area contributed by atoms with Gasteiger partial charge >= 0.3 is 0 Å². The van der Waals surface area contributed by atoms with Gasteiger partial charge in [-0.2, -0.15) is 0 Å². The largest absolute Gasteiger partial charge is 1.00 e. The zero-order valence-corrected chi connectivity index (χ0v) is 11.3. The molecule has 0 spiro atoms. The van der Waals surface area contributed by atoms with Crippen molar-refractivity contribution < 1.29 is 31.4 Å². The molecule has 1 aliphatic heterocycles. The zero-order valence-electron chi connectivity index (χ0n) is 9.76. The van der Waals surface area contributed by atoms with E-state index < -0.39 is 0 Å². The van der Waals surface area contributed by atoms with Crippen molar-refractivity contribution in [1.29, 1.82) is 0 Å². The fourth-order valence-corrected chi connectivity index (χ4v) is 1.96. The molecule has 0 saturated heterocycles. The van der Waals surface area contributed by atoms with Crippen LogP contribution in [0.1, 0.15) is 18.1 Å². The number of fused-ring (bicyclic) bond motifs is 1. The lowest BCUT2D eigenvalue weighted by Crippen LogP contribution is -3.00. The molecule has 0 bridgehead atoms. The molecule has 1 aromatic carbocycles. The van der Waals surface area contributed by atoms with Gasteiger partial charge in [0.15, 0.2) is 17.2 Å². The van der Waals surface area contributed by atoms with Gasteiger partial charge in [0.25, 0.3) is 0 Å². The van der Waals surface area contributed by atoms with E-state index in [9.17, 15) is 0 Å². The van der Waals surface area contributed by atoms with E-state index in [0.717, 1.165) is 24.5 Å². The van der Waals surface area contributed by atoms with Crippen LogP contribution in [0.25, 0.3) is 0 Å². The Bertz CT molecular complexity index is 416. The van der Waals surface area contributed by atoms with Crippen LogP contribution in [0.3, 0.4) is 0 Å². The molecule has 0 saturated carbocycles. The second-order valence-corrected chi connectivity index (χ2v) is 3.67. The summed E-state index contributed by atoms with van der Waals surface area (Å²) >= 11 is 0. The summed E-state index contributed by atoms with van der Waals surface area (Å²) in [6.45, 7) is 3.08. The smallest absolute Gasteiger partial charge is 0.178 e. The van der Waals surface area contributed by atoms with Gasteiger partial charge in [0.05, 0.1) is 14.2 Å². The minimum atomic E-state index is 0. The van der Waals surface area contributed by atoms with E-state index in [1.165, 1.54) is 16.8 Å². The molecule has 88 valence electrons. The number of ether oxygens (including phenoxy) is 2. The van der Waals surface area contributed by atoms with E-state index in [-0.39, 0.29) is 17.0 Å². The van der Waals surface area contributed by atoms with Gasteiger partial charge in [-0.25, -0.2) is 4.99 Å². The minimum Gasteiger partial charge on any atom is -1.00 e. The second kappa shape index (κ2) is 5.34. The van der Waals surface area contributed by atoms with Crippen LogP contribution in [0.15, 0.2) is 12.1 Å². The molecule has 0 radical (unpaired) electrons. The molecule has 1 aliphatic rings. The summed E-state index contributed by atoms with van der Waals surface area (Å²) in [5.74, 6) is 1.60. The predicted molar refractivity (Wildman–Crippen MR) is 58.9 cm³/mol. The van der Waals surface area contributed by atoms with Crippen molar-refractivity contribution in [2.75, 3.05) is 20.8 Å². The predicted octanol–water partition coefficient (Wildman–Crippen LogP) is -2.85. The lowest BCUT2D eigenvalue weighted by Gasteiger charge is -2.14. The van der Waals surface area contributed by atoms with E-state index in [4.69, 9.17) is 9.47 Å². The van der Waals surface area contributed by atoms with Crippen LogP contribution in [-0.2, 0) is 6.42 Å². The summed E-state index contributed by atoms with van der Waals surface area (Å²) < 4.78 is 10.6. The van der Waals surface area contributed by atoms with Gasteiger partial charge in [-0.05, 0) is 17.7 Å². The van der Waals surface area contributed by atoms with Gasteiger partial charge in [0, 0.05) is 18.9 Å². The number of hydrogen-bond donors (Lipinski definition) is 1. The third-order valence-corrected chi connectivity index (χ3v) is 2.80. The molecule has 0 aromatic heterocycles. The van der Waals surface area contributed by atoms with Crippen molar-refractivity contribution in [3.63, 3.8) is 0 Å². The Balaban J connectivity index is 0.00000128. The highest BCUT2D eigenvalue weighted by Crippen LogP contribution is 2.31. The summed E-state index contributed by atoms with van der Waals surface area (Å²) in [7, 11) is 3.33. The van der Waals surface area contributed by atoms with Crippen LogP contribution in [0.5, 0.6) is 11.5 Å². The molecule has 0 atom stereocenters. The molecule has 1 aromatic rings. The molecule has 2 rings (SSSR count). The molecule has 4 heteroatoms. The van der Waals surface area contributed by atoms with Crippen LogP contribution in [0.4, 0.5) is 0 Å². The third-order valence-electron chi connectivity index (χ3n) is 2.80. The van der Waals surface area contributed by atoms with Crippen molar-refractivity contribution in [2.24, 2.45) is 0 Å². The second-order valence-electron chi connectivity index (χ2n) is 3.67. The SMILES string of the molecule is COc1cc2c(cc1OC)C(C)=[NH+]CC2.[Br-]. The summed E-state index contributed by atoms with van der Waals surface area (Å²) in [4.78, 5) is 3.35. The highest BCUT2D eigenvalue weighted by Gasteiger charge is 2.19. The number of nitrogens with one attached hydrogen (secondary N) is 1. The molecule has 1 N–H and O–H groups in total. The molecule has 0 amide bonds. The standard InChI is InChI=1S/C12H15NO2.BrH/c1-8-10-7-12(15-3)11(14-2)6-9(10)4-5-13-8;/h6-7H,4-5H2,1-3H3;1H. The highest BCUT2D eigenvalue weighted by atomic mass is 79.9. The fraction of sp³-hybridized carbons (Fsp3) is 0.417. The Labute approximate surface area is 106 Å². The van der Waals surface area contributed by atoms with Crippen LogP contribution >= 0.6 is 0 Å². The Kier molecular flexibility index (Phi) is 4.35. The molecule has 1 heterocycles. The molecule has 0 unspecified atom stereocenters. The average molecular weight is 286 g/mol. The third kappa shape index (κ3) is 2.21. The number of methoxy groups -OCH3 is 2. The van der Waals surface area contributed by atoms with Crippen LogP contribution in [0.2, 0.25) is 0 Å². The lowest BCUT2D eigenvalue weighted by molar-refractivity contribution is -0.458. The first-order valence-corrected chi connectivity index (χ1v) is 5.09. The highest BCUT2D eigenvalue weighted by molar-refractivity contribution is 5.96. The van der Waals surface area contributed by atoms with E-state index in [1.807, 2.05) is 6.07 Å². The first kappa shape index (κ1) is 13.0. The van der Waals surface area contributed by atoms with Crippen molar-refractivity contribution in [3.05, 3.63) is 23.3 Å². The zero-order chi connectivity index (χ0) is 10.8. The maximum Gasteiger partial charge on any atom is 0.178 e. The topological polar surface area (TPSA) is 32.4 Å². The monoisotopic (exact) mass is 285 g/mol. The van der Waals surface area contributed by atoms with Gasteiger partial charge in [-0.3, -0.25) is 0 Å². The minimum absolute atomic E-state index is 0. The number of benzene rings is 1. The van der Waals surface area contributed by atoms with Crippen LogP contribution in [0, 0.1) is 0 Å². The van der Waals surface area contributed by atoms with Gasteiger partial charge in [0.2, 0.25) is 0 Å². The number of rotatable bonds is 2. The molecule has 0 aliphatic carbocycles. The lowest BCUT2D eigenvalue weighted by atomic mass is 9.97. The first-order valence-electron chi connectivity index (χ1n) is 5.09. The first-order chi connectivity index (χ1) is 7.26. The summed E-state index contributed by atoms with van der Waals surface area (Å²) in [6, 6.07) is 4.11. The maximum absolute atomic E-state index is 5.28. The van der Waals surface area contributed by atoms with Crippen molar-refractivity contribution in [3.8, 4) is 11.5 Å². The Hall–Kier alpha value is -1.03. The van der Waals surface area contributed by atoms with Crippen molar-refractivity contribution in [1.82, 2.24) is 0 Å². The van der Waals surface area contributed by atoms with E-state index in [1.54, 1.807) is 14.2 Å². The number of hydrogen-bond acceptors (Lipinski definition) is 2. The van der Waals surface area contributed by atoms with E-state index >= 15 is 0 Å². The Morgan fingerprint density at radius 3 is 2.38 bits per heavy atom. The van der Waals surface area contributed by atoms with Gasteiger partial charge in [0.1, 0.15) is 6.54 Å². The Morgan fingerprint density at radius 1 is 1.12 bits per heavy atom. The summed E-state index contributed by atoms with van der Waals surface area (Å²) in [5, 5.41) is 0. The quantitative estimate of drug-likeness (QED) is 0.635. The summed E-state index contributed by atoms with van der Waals surface area (Å²) in [6.07, 6.45) is 1.03. The van der Waals surface area contributed by atoms with Gasteiger partial charge in [-0.1, -0.05) is 0 Å².